The Kier molecular flexibility index (Phi) is 4.39. The van der Waals surface area contributed by atoms with Crippen LogP contribution in [0.15, 0.2) is 18.2 Å². The number of carbonyl (C=O) groups is 2. The molecule has 6 nitrogen and oxygen atoms in total. The zero-order chi connectivity index (χ0) is 17.3. The summed E-state index contributed by atoms with van der Waals surface area (Å²) in [7, 11) is 0. The van der Waals surface area contributed by atoms with E-state index in [1.807, 2.05) is 32.9 Å². The van der Waals surface area contributed by atoms with Gasteiger partial charge in [-0.05, 0) is 51.2 Å². The monoisotopic (exact) mass is 332 g/mol. The van der Waals surface area contributed by atoms with E-state index < -0.39 is 11.7 Å². The summed E-state index contributed by atoms with van der Waals surface area (Å²) in [6.07, 6.45) is 1.14. The van der Waals surface area contributed by atoms with E-state index in [-0.39, 0.29) is 6.09 Å². The molecule has 0 aromatic heterocycles. The maximum Gasteiger partial charge on any atom is 0.411 e. The van der Waals surface area contributed by atoms with Gasteiger partial charge in [0.25, 0.3) is 0 Å². The molecule has 1 aromatic rings. The Hall–Kier alpha value is -2.24. The van der Waals surface area contributed by atoms with Crippen LogP contribution in [0, 0.1) is 0 Å². The van der Waals surface area contributed by atoms with Crippen molar-refractivity contribution in [1.82, 2.24) is 4.90 Å². The van der Waals surface area contributed by atoms with Crippen molar-refractivity contribution in [2.75, 3.05) is 18.4 Å². The smallest absolute Gasteiger partial charge is 0.411 e. The number of fused-ring (bicyclic) bond motifs is 1. The van der Waals surface area contributed by atoms with Crippen molar-refractivity contribution in [3.05, 3.63) is 29.3 Å². The second kappa shape index (κ2) is 6.34. The number of likely N-dealkylation sites (tertiary alicyclic amines) is 1. The Morgan fingerprint density at radius 2 is 2.00 bits per heavy atom. The van der Waals surface area contributed by atoms with Gasteiger partial charge in [-0.15, -0.1) is 0 Å². The molecule has 0 bridgehead atoms. The minimum Gasteiger partial charge on any atom is -0.444 e. The van der Waals surface area contributed by atoms with Gasteiger partial charge < -0.3 is 14.4 Å². The Balaban J connectivity index is 1.62. The van der Waals surface area contributed by atoms with Gasteiger partial charge in [0.15, 0.2) is 0 Å². The van der Waals surface area contributed by atoms with Crippen LogP contribution < -0.4 is 5.32 Å². The van der Waals surface area contributed by atoms with Crippen molar-refractivity contribution >= 4 is 17.9 Å². The Labute approximate surface area is 142 Å². The number of anilines is 1. The molecule has 1 N–H and O–H groups in total. The molecular weight excluding hydrogens is 308 g/mol. The van der Waals surface area contributed by atoms with Gasteiger partial charge in [0.1, 0.15) is 12.2 Å². The maximum atomic E-state index is 12.1. The van der Waals surface area contributed by atoms with E-state index in [9.17, 15) is 9.59 Å². The molecule has 2 amide bonds. The highest BCUT2D eigenvalue weighted by molar-refractivity contribution is 5.87. The van der Waals surface area contributed by atoms with Crippen LogP contribution in [0.5, 0.6) is 0 Å². The summed E-state index contributed by atoms with van der Waals surface area (Å²) in [5.74, 6) is 0.383. The van der Waals surface area contributed by atoms with Crippen LogP contribution in [0.25, 0.3) is 0 Å². The first kappa shape index (κ1) is 16.6. The predicted octanol–water partition coefficient (Wildman–Crippen LogP) is 3.86. The zero-order valence-corrected chi connectivity index (χ0v) is 14.4. The number of hydrogen-bond acceptors (Lipinski definition) is 4. The molecule has 130 valence electrons. The second-order valence-corrected chi connectivity index (χ2v) is 7.36. The third-order valence-corrected chi connectivity index (χ3v) is 4.35. The molecule has 1 saturated heterocycles. The molecule has 6 heteroatoms. The number of carbonyl (C=O) groups excluding carboxylic acids is 2. The normalized spacial score (nSPS) is 18.5. The molecule has 0 radical (unpaired) electrons. The third-order valence-electron chi connectivity index (χ3n) is 4.35. The number of hydrogen-bond donors (Lipinski definition) is 1. The second-order valence-electron chi connectivity index (χ2n) is 7.36. The summed E-state index contributed by atoms with van der Waals surface area (Å²) in [5, 5.41) is 2.75. The summed E-state index contributed by atoms with van der Waals surface area (Å²) in [4.78, 5) is 25.3. The molecule has 3 rings (SSSR count). The van der Waals surface area contributed by atoms with Crippen LogP contribution in [0.4, 0.5) is 15.3 Å². The predicted molar refractivity (Wildman–Crippen MR) is 90.0 cm³/mol. The summed E-state index contributed by atoms with van der Waals surface area (Å²) in [5.41, 5.74) is 2.55. The number of cyclic esters (lactones) is 1. The molecule has 0 spiro atoms. The van der Waals surface area contributed by atoms with Crippen LogP contribution in [0.1, 0.15) is 50.7 Å². The van der Waals surface area contributed by atoms with Gasteiger partial charge in [0.2, 0.25) is 0 Å². The maximum absolute atomic E-state index is 12.1. The largest absolute Gasteiger partial charge is 0.444 e. The molecule has 2 aliphatic rings. The number of benzene rings is 1. The highest BCUT2D eigenvalue weighted by Crippen LogP contribution is 2.32. The molecule has 0 atom stereocenters. The fraction of sp³-hybridized carbons (Fsp3) is 0.556. The van der Waals surface area contributed by atoms with Gasteiger partial charge in [-0.1, -0.05) is 12.1 Å². The van der Waals surface area contributed by atoms with E-state index in [1.54, 1.807) is 4.90 Å². The van der Waals surface area contributed by atoms with Crippen molar-refractivity contribution in [3.63, 3.8) is 0 Å². The number of nitrogens with zero attached hydrogens (tertiary/aromatic N) is 1. The molecular formula is C18H24N2O4. The van der Waals surface area contributed by atoms with Gasteiger partial charge in [0.05, 0.1) is 5.69 Å². The fourth-order valence-corrected chi connectivity index (χ4v) is 3.10. The van der Waals surface area contributed by atoms with Gasteiger partial charge in [-0.25, -0.2) is 9.59 Å². The van der Waals surface area contributed by atoms with E-state index in [0.717, 1.165) is 24.1 Å². The lowest BCUT2D eigenvalue weighted by Crippen LogP contribution is -2.41. The Morgan fingerprint density at radius 3 is 2.67 bits per heavy atom. The van der Waals surface area contributed by atoms with Crippen molar-refractivity contribution in [2.45, 2.75) is 51.7 Å². The van der Waals surface area contributed by atoms with E-state index in [2.05, 4.69) is 11.4 Å². The molecule has 2 heterocycles. The minimum atomic E-state index is -0.466. The highest BCUT2D eigenvalue weighted by atomic mass is 16.6. The van der Waals surface area contributed by atoms with Crippen LogP contribution >= 0.6 is 0 Å². The van der Waals surface area contributed by atoms with Crippen LogP contribution in [-0.2, 0) is 16.1 Å². The van der Waals surface area contributed by atoms with Crippen molar-refractivity contribution in [2.24, 2.45) is 0 Å². The topological polar surface area (TPSA) is 67.9 Å². The van der Waals surface area contributed by atoms with Crippen LogP contribution in [0.2, 0.25) is 0 Å². The first-order chi connectivity index (χ1) is 11.3. The Morgan fingerprint density at radius 1 is 1.29 bits per heavy atom. The van der Waals surface area contributed by atoms with Crippen LogP contribution in [0.3, 0.4) is 0 Å². The molecule has 0 saturated carbocycles. The lowest BCUT2D eigenvalue weighted by atomic mass is 9.88. The van der Waals surface area contributed by atoms with Gasteiger partial charge >= 0.3 is 12.2 Å². The lowest BCUT2D eigenvalue weighted by Gasteiger charge is -2.34. The average Bonchev–Trinajstić information content (AvgIpc) is 2.52. The van der Waals surface area contributed by atoms with Crippen LogP contribution in [-0.4, -0.2) is 35.8 Å². The summed E-state index contributed by atoms with van der Waals surface area (Å²) in [6.45, 7) is 7.32. The van der Waals surface area contributed by atoms with E-state index in [4.69, 9.17) is 9.47 Å². The molecule has 1 fully saturated rings. The highest BCUT2D eigenvalue weighted by Gasteiger charge is 2.28. The number of nitrogens with one attached hydrogen (secondary N) is 1. The van der Waals surface area contributed by atoms with Crippen molar-refractivity contribution < 1.29 is 19.1 Å². The molecule has 24 heavy (non-hydrogen) atoms. The lowest BCUT2D eigenvalue weighted by molar-refractivity contribution is 0.0204. The van der Waals surface area contributed by atoms with E-state index in [1.165, 1.54) is 5.56 Å². The van der Waals surface area contributed by atoms with Crippen molar-refractivity contribution in [3.8, 4) is 0 Å². The SMILES string of the molecule is CC(C)(C)OC(=O)N1CCC(c2ccc3c(c2)NC(=O)OC3)CC1. The van der Waals surface area contributed by atoms with Gasteiger partial charge in [-0.2, -0.15) is 0 Å². The van der Waals surface area contributed by atoms with E-state index in [0.29, 0.717) is 25.6 Å². The molecule has 0 aliphatic carbocycles. The summed E-state index contributed by atoms with van der Waals surface area (Å²) in [6, 6.07) is 6.13. The molecule has 0 unspecified atom stereocenters. The first-order valence-electron chi connectivity index (χ1n) is 8.36. The fourth-order valence-electron chi connectivity index (χ4n) is 3.10. The van der Waals surface area contributed by atoms with Gasteiger partial charge in [0, 0.05) is 18.7 Å². The first-order valence-corrected chi connectivity index (χ1v) is 8.36. The quantitative estimate of drug-likeness (QED) is 0.848. The number of amides is 2. The Bertz CT molecular complexity index is 643. The standard InChI is InChI=1S/C18H24N2O4/c1-18(2,3)24-17(22)20-8-6-12(7-9-20)13-4-5-14-11-23-16(21)19-15(14)10-13/h4-5,10,12H,6-9,11H2,1-3H3,(H,19,21). The third kappa shape index (κ3) is 3.80. The molecule has 2 aliphatic heterocycles. The zero-order valence-electron chi connectivity index (χ0n) is 14.4. The van der Waals surface area contributed by atoms with E-state index >= 15 is 0 Å². The number of piperidine rings is 1. The summed E-state index contributed by atoms with van der Waals surface area (Å²) < 4.78 is 10.4. The molecule has 1 aromatic carbocycles. The van der Waals surface area contributed by atoms with Crippen molar-refractivity contribution in [1.29, 1.82) is 0 Å². The van der Waals surface area contributed by atoms with Gasteiger partial charge in [-0.3, -0.25) is 5.32 Å². The number of rotatable bonds is 1. The average molecular weight is 332 g/mol. The minimum absolute atomic E-state index is 0.240. The summed E-state index contributed by atoms with van der Waals surface area (Å²) >= 11 is 0. The number of ether oxygens (including phenoxy) is 2.